The molecule has 0 saturated heterocycles. The van der Waals surface area contributed by atoms with Crippen LogP contribution in [0, 0.1) is 6.92 Å². The van der Waals surface area contributed by atoms with E-state index in [1.807, 2.05) is 0 Å². The van der Waals surface area contributed by atoms with Crippen molar-refractivity contribution in [3.05, 3.63) is 44.8 Å². The summed E-state index contributed by atoms with van der Waals surface area (Å²) in [6.07, 6.45) is -4.57. The number of nitrogens with one attached hydrogen (secondary N) is 1. The number of thioether (sulfide) groups is 1. The van der Waals surface area contributed by atoms with E-state index in [4.69, 9.17) is 17.4 Å². The number of aromatic nitrogens is 3. The Labute approximate surface area is 154 Å². The van der Waals surface area contributed by atoms with E-state index in [0.29, 0.717) is 0 Å². The Balaban J connectivity index is 2.18. The molecule has 7 nitrogen and oxygen atoms in total. The summed E-state index contributed by atoms with van der Waals surface area (Å²) < 4.78 is 39.1. The predicted octanol–water partition coefficient (Wildman–Crippen LogP) is 2.45. The lowest BCUT2D eigenvalue weighted by molar-refractivity contribution is -0.137. The largest absolute Gasteiger partial charge is 0.416 e. The standard InChI is InChI=1S/C14H13ClF3N5O2S/c1-6-12(25)23(19)13(22-21-6)26-7(2)11(24)20-10-5-8(14(16,17)18)3-4-9(10)15/h3-5,7H,19H2,1-2H3,(H,20,24)/t7-/m0/s1. The van der Waals surface area contributed by atoms with Gasteiger partial charge in [0.15, 0.2) is 0 Å². The van der Waals surface area contributed by atoms with E-state index in [1.165, 1.54) is 13.8 Å². The smallest absolute Gasteiger partial charge is 0.334 e. The fourth-order valence-electron chi connectivity index (χ4n) is 1.79. The van der Waals surface area contributed by atoms with Crippen molar-refractivity contribution in [2.45, 2.75) is 30.4 Å². The van der Waals surface area contributed by atoms with E-state index in [2.05, 4.69) is 15.5 Å². The number of nitrogens with two attached hydrogens (primary N) is 1. The number of nitrogen functional groups attached to an aromatic ring is 1. The molecular formula is C14H13ClF3N5O2S. The van der Waals surface area contributed by atoms with Gasteiger partial charge in [-0.1, -0.05) is 23.4 Å². The molecule has 0 bridgehead atoms. The maximum absolute atomic E-state index is 12.8. The van der Waals surface area contributed by atoms with Gasteiger partial charge in [0.25, 0.3) is 5.56 Å². The highest BCUT2D eigenvalue weighted by atomic mass is 35.5. The van der Waals surface area contributed by atoms with Gasteiger partial charge in [0.2, 0.25) is 11.1 Å². The number of hydrogen-bond acceptors (Lipinski definition) is 6. The van der Waals surface area contributed by atoms with Crippen LogP contribution in [0.3, 0.4) is 0 Å². The zero-order valence-corrected chi connectivity index (χ0v) is 15.0. The monoisotopic (exact) mass is 407 g/mol. The second-order valence-corrected chi connectivity index (χ2v) is 6.90. The van der Waals surface area contributed by atoms with Crippen LogP contribution in [0.4, 0.5) is 18.9 Å². The molecule has 2 aromatic rings. The summed E-state index contributed by atoms with van der Waals surface area (Å²) in [5.41, 5.74) is -1.61. The van der Waals surface area contributed by atoms with Crippen molar-refractivity contribution in [3.63, 3.8) is 0 Å². The van der Waals surface area contributed by atoms with Crippen LogP contribution in [0.25, 0.3) is 0 Å². The Morgan fingerprint density at radius 3 is 2.65 bits per heavy atom. The molecular weight excluding hydrogens is 395 g/mol. The summed E-state index contributed by atoms with van der Waals surface area (Å²) in [5.74, 6) is 4.93. The fraction of sp³-hybridized carbons (Fsp3) is 0.286. The highest BCUT2D eigenvalue weighted by Gasteiger charge is 2.31. The second-order valence-electron chi connectivity index (χ2n) is 5.18. The van der Waals surface area contributed by atoms with Gasteiger partial charge < -0.3 is 11.2 Å². The number of carbonyl (C=O) groups excluding carboxylic acids is 1. The van der Waals surface area contributed by atoms with Crippen LogP contribution in [0.15, 0.2) is 28.2 Å². The van der Waals surface area contributed by atoms with Gasteiger partial charge in [0.1, 0.15) is 5.69 Å². The molecule has 1 heterocycles. The van der Waals surface area contributed by atoms with Crippen LogP contribution in [-0.4, -0.2) is 26.0 Å². The first-order valence-corrected chi connectivity index (χ1v) is 8.32. The molecule has 1 aromatic carbocycles. The van der Waals surface area contributed by atoms with Gasteiger partial charge in [0.05, 0.1) is 21.5 Å². The molecule has 3 N–H and O–H groups in total. The molecule has 0 aliphatic rings. The van der Waals surface area contributed by atoms with E-state index in [9.17, 15) is 22.8 Å². The number of benzene rings is 1. The Bertz CT molecular complexity index is 903. The van der Waals surface area contributed by atoms with Gasteiger partial charge in [-0.2, -0.15) is 17.8 Å². The molecule has 0 aliphatic carbocycles. The maximum Gasteiger partial charge on any atom is 0.416 e. The molecule has 2 rings (SSSR count). The van der Waals surface area contributed by atoms with Crippen LogP contribution < -0.4 is 16.7 Å². The Kier molecular flexibility index (Phi) is 5.81. The molecule has 0 unspecified atom stereocenters. The van der Waals surface area contributed by atoms with Gasteiger partial charge in [-0.15, -0.1) is 10.2 Å². The van der Waals surface area contributed by atoms with Crippen molar-refractivity contribution in [2.24, 2.45) is 0 Å². The number of anilines is 1. The normalized spacial score (nSPS) is 12.7. The van der Waals surface area contributed by atoms with Gasteiger partial charge in [-0.3, -0.25) is 9.59 Å². The third-order valence-electron chi connectivity index (χ3n) is 3.22. The quantitative estimate of drug-likeness (QED) is 0.596. The molecule has 0 saturated carbocycles. The summed E-state index contributed by atoms with van der Waals surface area (Å²) in [7, 11) is 0. The van der Waals surface area contributed by atoms with E-state index in [0.717, 1.165) is 34.6 Å². The van der Waals surface area contributed by atoms with E-state index >= 15 is 0 Å². The number of alkyl halides is 3. The molecule has 0 aliphatic heterocycles. The minimum Gasteiger partial charge on any atom is -0.334 e. The van der Waals surface area contributed by atoms with Crippen LogP contribution in [-0.2, 0) is 11.0 Å². The van der Waals surface area contributed by atoms with Crippen molar-refractivity contribution in [3.8, 4) is 0 Å². The maximum atomic E-state index is 12.8. The first kappa shape index (κ1) is 20.0. The summed E-state index contributed by atoms with van der Waals surface area (Å²) in [6, 6.07) is 2.59. The van der Waals surface area contributed by atoms with E-state index in [-0.39, 0.29) is 21.6 Å². The predicted molar refractivity (Wildman–Crippen MR) is 91.6 cm³/mol. The number of carbonyl (C=O) groups is 1. The number of nitrogens with zero attached hydrogens (tertiary/aromatic N) is 3. The van der Waals surface area contributed by atoms with Crippen molar-refractivity contribution >= 4 is 35.0 Å². The molecule has 26 heavy (non-hydrogen) atoms. The highest BCUT2D eigenvalue weighted by molar-refractivity contribution is 8.00. The second kappa shape index (κ2) is 7.54. The molecule has 1 amide bonds. The number of rotatable bonds is 4. The van der Waals surface area contributed by atoms with Gasteiger partial charge in [0, 0.05) is 0 Å². The van der Waals surface area contributed by atoms with Gasteiger partial charge >= 0.3 is 6.18 Å². The minimum atomic E-state index is -4.57. The Morgan fingerprint density at radius 2 is 2.04 bits per heavy atom. The third kappa shape index (κ3) is 4.47. The minimum absolute atomic E-state index is 0.0154. The molecule has 1 aromatic heterocycles. The van der Waals surface area contributed by atoms with Gasteiger partial charge in [-0.25, -0.2) is 0 Å². The number of halogens is 4. The zero-order chi connectivity index (χ0) is 19.6. The van der Waals surface area contributed by atoms with Crippen LogP contribution in [0.2, 0.25) is 5.02 Å². The summed E-state index contributed by atoms with van der Waals surface area (Å²) in [4.78, 5) is 24.0. The lowest BCUT2D eigenvalue weighted by atomic mass is 10.2. The molecule has 0 spiro atoms. The first-order chi connectivity index (χ1) is 12.0. The summed E-state index contributed by atoms with van der Waals surface area (Å²) in [5, 5.41) is 8.77. The number of aryl methyl sites for hydroxylation is 1. The highest BCUT2D eigenvalue weighted by Crippen LogP contribution is 2.34. The van der Waals surface area contributed by atoms with E-state index in [1.54, 1.807) is 0 Å². The molecule has 1 atom stereocenters. The molecule has 0 fully saturated rings. The molecule has 12 heteroatoms. The Hall–Kier alpha value is -2.27. The summed E-state index contributed by atoms with van der Waals surface area (Å²) in [6.45, 7) is 2.90. The topological polar surface area (TPSA) is 103 Å². The third-order valence-corrected chi connectivity index (χ3v) is 4.61. The van der Waals surface area contributed by atoms with Crippen LogP contribution in [0.5, 0.6) is 0 Å². The molecule has 140 valence electrons. The van der Waals surface area contributed by atoms with Crippen molar-refractivity contribution in [1.29, 1.82) is 0 Å². The van der Waals surface area contributed by atoms with Crippen LogP contribution in [0.1, 0.15) is 18.2 Å². The number of hydrogen-bond donors (Lipinski definition) is 2. The lowest BCUT2D eigenvalue weighted by Crippen LogP contribution is -2.33. The first-order valence-electron chi connectivity index (χ1n) is 7.06. The van der Waals surface area contributed by atoms with Crippen molar-refractivity contribution in [1.82, 2.24) is 14.9 Å². The zero-order valence-electron chi connectivity index (χ0n) is 13.5. The van der Waals surface area contributed by atoms with Crippen molar-refractivity contribution in [2.75, 3.05) is 11.2 Å². The van der Waals surface area contributed by atoms with E-state index < -0.39 is 28.5 Å². The average Bonchev–Trinajstić information content (AvgIpc) is 2.56. The SMILES string of the molecule is Cc1nnc(S[C@@H](C)C(=O)Nc2cc(C(F)(F)F)ccc2Cl)n(N)c1=O. The number of amides is 1. The van der Waals surface area contributed by atoms with Crippen LogP contribution >= 0.6 is 23.4 Å². The van der Waals surface area contributed by atoms with Crippen molar-refractivity contribution < 1.29 is 18.0 Å². The lowest BCUT2D eigenvalue weighted by Gasteiger charge is -2.15. The average molecular weight is 408 g/mol. The Morgan fingerprint density at radius 1 is 1.38 bits per heavy atom. The molecule has 0 radical (unpaired) electrons. The fourth-order valence-corrected chi connectivity index (χ4v) is 2.73. The van der Waals surface area contributed by atoms with Gasteiger partial charge in [-0.05, 0) is 32.0 Å². The summed E-state index contributed by atoms with van der Waals surface area (Å²) >= 11 is 6.67.